The van der Waals surface area contributed by atoms with Crippen molar-refractivity contribution in [2.75, 3.05) is 5.73 Å². The second-order valence-electron chi connectivity index (χ2n) is 3.56. The summed E-state index contributed by atoms with van der Waals surface area (Å²) in [6.45, 7) is 1.69. The number of hydrogen-bond donors (Lipinski definition) is 1. The van der Waals surface area contributed by atoms with Gasteiger partial charge < -0.3 is 5.73 Å². The van der Waals surface area contributed by atoms with Crippen molar-refractivity contribution in [2.24, 2.45) is 0 Å². The Labute approximate surface area is 118 Å². The van der Waals surface area contributed by atoms with Gasteiger partial charge in [0.15, 0.2) is 0 Å². The topological polar surface area (TPSA) is 67.6 Å². The first-order valence-corrected chi connectivity index (χ1v) is 5.99. The van der Waals surface area contributed by atoms with Crippen LogP contribution < -0.4 is 5.73 Å². The number of nitriles is 1. The van der Waals surface area contributed by atoms with E-state index in [0.717, 1.165) is 0 Å². The van der Waals surface area contributed by atoms with Crippen molar-refractivity contribution in [3.05, 3.63) is 38.5 Å². The second-order valence-corrected chi connectivity index (χ2v) is 4.73. The lowest BCUT2D eigenvalue weighted by Gasteiger charge is -2.08. The molecule has 0 aliphatic heterocycles. The molecule has 0 atom stereocenters. The van der Waals surface area contributed by atoms with Gasteiger partial charge in [-0.15, -0.1) is 0 Å². The summed E-state index contributed by atoms with van der Waals surface area (Å²) in [5.74, 6) is 0.218. The molecule has 0 radical (unpaired) electrons. The van der Waals surface area contributed by atoms with Crippen LogP contribution in [0.1, 0.15) is 11.3 Å². The van der Waals surface area contributed by atoms with E-state index in [0.29, 0.717) is 22.0 Å². The predicted molar refractivity (Wildman–Crippen MR) is 72.5 cm³/mol. The van der Waals surface area contributed by atoms with Crippen LogP contribution in [0.2, 0.25) is 15.1 Å². The van der Waals surface area contributed by atoms with Crippen LogP contribution in [-0.2, 0) is 0 Å². The molecule has 7 heteroatoms. The maximum Gasteiger partial charge on any atom is 0.145 e. The zero-order chi connectivity index (χ0) is 13.4. The molecule has 0 saturated heterocycles. The highest BCUT2D eigenvalue weighted by Crippen LogP contribution is 2.35. The number of benzene rings is 1. The molecule has 4 nitrogen and oxygen atoms in total. The van der Waals surface area contributed by atoms with Gasteiger partial charge in [0, 0.05) is 0 Å². The van der Waals surface area contributed by atoms with E-state index in [-0.39, 0.29) is 15.9 Å². The van der Waals surface area contributed by atoms with Crippen LogP contribution >= 0.6 is 34.8 Å². The van der Waals surface area contributed by atoms with Gasteiger partial charge in [-0.1, -0.05) is 34.8 Å². The smallest absolute Gasteiger partial charge is 0.145 e. The van der Waals surface area contributed by atoms with Crippen molar-refractivity contribution < 1.29 is 0 Å². The highest BCUT2D eigenvalue weighted by molar-refractivity contribution is 6.48. The first-order valence-electron chi connectivity index (χ1n) is 4.86. The van der Waals surface area contributed by atoms with Gasteiger partial charge in [0.05, 0.1) is 26.4 Å². The minimum absolute atomic E-state index is 0.218. The van der Waals surface area contributed by atoms with E-state index in [9.17, 15) is 0 Å². The summed E-state index contributed by atoms with van der Waals surface area (Å²) in [7, 11) is 0. The summed E-state index contributed by atoms with van der Waals surface area (Å²) in [4.78, 5) is 0. The molecule has 1 heterocycles. The van der Waals surface area contributed by atoms with Crippen LogP contribution in [0.25, 0.3) is 5.69 Å². The summed E-state index contributed by atoms with van der Waals surface area (Å²) in [5, 5.41) is 13.9. The lowest BCUT2D eigenvalue weighted by atomic mass is 10.2. The summed E-state index contributed by atoms with van der Waals surface area (Å²) >= 11 is 17.9. The number of nitrogen functional groups attached to an aromatic ring is 1. The molecule has 0 unspecified atom stereocenters. The van der Waals surface area contributed by atoms with Crippen molar-refractivity contribution in [1.82, 2.24) is 9.78 Å². The van der Waals surface area contributed by atoms with Gasteiger partial charge in [0.25, 0.3) is 0 Å². The highest BCUT2D eigenvalue weighted by atomic mass is 35.5. The number of anilines is 1. The van der Waals surface area contributed by atoms with Crippen LogP contribution in [0.5, 0.6) is 0 Å². The zero-order valence-electron chi connectivity index (χ0n) is 9.21. The standard InChI is InChI=1S/C11H7Cl3N4/c1-5-6(4-15)11(16)18(17-5)8-3-2-7(12)9(13)10(8)14/h2-3H,16H2,1H3. The molecule has 0 spiro atoms. The van der Waals surface area contributed by atoms with Crippen molar-refractivity contribution in [3.8, 4) is 11.8 Å². The van der Waals surface area contributed by atoms with Crippen molar-refractivity contribution in [3.63, 3.8) is 0 Å². The zero-order valence-corrected chi connectivity index (χ0v) is 11.5. The number of halogens is 3. The van der Waals surface area contributed by atoms with E-state index >= 15 is 0 Å². The third-order valence-corrected chi connectivity index (χ3v) is 3.73. The molecule has 92 valence electrons. The Morgan fingerprint density at radius 1 is 1.28 bits per heavy atom. The minimum atomic E-state index is 0.218. The van der Waals surface area contributed by atoms with Gasteiger partial charge in [-0.05, 0) is 19.1 Å². The Morgan fingerprint density at radius 2 is 1.94 bits per heavy atom. The Kier molecular flexibility index (Phi) is 3.40. The maximum absolute atomic E-state index is 8.96. The molecule has 0 aliphatic carbocycles. The fraction of sp³-hybridized carbons (Fsp3) is 0.0909. The number of nitrogens with zero attached hydrogens (tertiary/aromatic N) is 3. The van der Waals surface area contributed by atoms with Gasteiger partial charge in [0.2, 0.25) is 0 Å². The largest absolute Gasteiger partial charge is 0.382 e. The fourth-order valence-corrected chi connectivity index (χ4v) is 2.16. The molecular weight excluding hydrogens is 295 g/mol. The quantitative estimate of drug-likeness (QED) is 0.818. The van der Waals surface area contributed by atoms with E-state index in [4.69, 9.17) is 45.8 Å². The van der Waals surface area contributed by atoms with Gasteiger partial charge in [-0.3, -0.25) is 0 Å². The average Bonchev–Trinajstić information content (AvgIpc) is 2.62. The van der Waals surface area contributed by atoms with Gasteiger partial charge >= 0.3 is 0 Å². The molecular formula is C11H7Cl3N4. The van der Waals surface area contributed by atoms with E-state index in [1.165, 1.54) is 4.68 Å². The van der Waals surface area contributed by atoms with Gasteiger partial charge in [-0.2, -0.15) is 10.4 Å². The van der Waals surface area contributed by atoms with Crippen LogP contribution in [0.3, 0.4) is 0 Å². The van der Waals surface area contributed by atoms with Crippen LogP contribution in [-0.4, -0.2) is 9.78 Å². The fourth-order valence-electron chi connectivity index (χ4n) is 1.55. The van der Waals surface area contributed by atoms with Crippen molar-refractivity contribution >= 4 is 40.6 Å². The molecule has 18 heavy (non-hydrogen) atoms. The number of aryl methyl sites for hydroxylation is 1. The summed E-state index contributed by atoms with van der Waals surface area (Å²) < 4.78 is 1.37. The molecule has 0 aliphatic rings. The summed E-state index contributed by atoms with van der Waals surface area (Å²) in [6, 6.07) is 5.22. The normalized spacial score (nSPS) is 10.4. The molecule has 1 aromatic heterocycles. The average molecular weight is 302 g/mol. The third-order valence-electron chi connectivity index (χ3n) is 2.45. The van der Waals surface area contributed by atoms with Crippen LogP contribution in [0.4, 0.5) is 5.82 Å². The number of rotatable bonds is 1. The Hall–Kier alpha value is -1.41. The molecule has 0 fully saturated rings. The molecule has 2 N–H and O–H groups in total. The minimum Gasteiger partial charge on any atom is -0.382 e. The first kappa shape index (κ1) is 13.0. The molecule has 1 aromatic carbocycles. The molecule has 0 bridgehead atoms. The predicted octanol–water partition coefficient (Wildman–Crippen LogP) is 3.59. The van der Waals surface area contributed by atoms with Crippen LogP contribution in [0.15, 0.2) is 12.1 Å². The summed E-state index contributed by atoms with van der Waals surface area (Å²) in [5.41, 5.74) is 7.17. The molecule has 2 aromatic rings. The second kappa shape index (κ2) is 4.69. The van der Waals surface area contributed by atoms with E-state index in [1.807, 2.05) is 6.07 Å². The number of nitrogens with two attached hydrogens (primary N) is 1. The van der Waals surface area contributed by atoms with Crippen molar-refractivity contribution in [1.29, 1.82) is 5.26 Å². The van der Waals surface area contributed by atoms with E-state index in [2.05, 4.69) is 5.10 Å². The van der Waals surface area contributed by atoms with Gasteiger partial charge in [0.1, 0.15) is 17.5 Å². The highest BCUT2D eigenvalue weighted by Gasteiger charge is 2.17. The SMILES string of the molecule is Cc1nn(-c2ccc(Cl)c(Cl)c2Cl)c(N)c1C#N. The van der Waals surface area contributed by atoms with E-state index < -0.39 is 0 Å². The maximum atomic E-state index is 8.96. The van der Waals surface area contributed by atoms with Crippen LogP contribution in [0, 0.1) is 18.3 Å². The monoisotopic (exact) mass is 300 g/mol. The number of aromatic nitrogens is 2. The molecule has 0 saturated carbocycles. The molecule has 0 amide bonds. The number of hydrogen-bond acceptors (Lipinski definition) is 3. The summed E-state index contributed by atoms with van der Waals surface area (Å²) in [6.07, 6.45) is 0. The Balaban J connectivity index is 2.72. The first-order chi connectivity index (χ1) is 8.47. The van der Waals surface area contributed by atoms with Gasteiger partial charge in [-0.25, -0.2) is 4.68 Å². The third kappa shape index (κ3) is 1.91. The lowest BCUT2D eigenvalue weighted by molar-refractivity contribution is 0.872. The van der Waals surface area contributed by atoms with Crippen molar-refractivity contribution in [2.45, 2.75) is 6.92 Å². The lowest BCUT2D eigenvalue weighted by Crippen LogP contribution is -2.03. The Morgan fingerprint density at radius 3 is 2.50 bits per heavy atom. The van der Waals surface area contributed by atoms with E-state index in [1.54, 1.807) is 19.1 Å². The molecule has 2 rings (SSSR count). The Bertz CT molecular complexity index is 670.